The second-order valence-corrected chi connectivity index (χ2v) is 5.04. The molecule has 1 N–H and O–H groups in total. The average molecular weight is 229 g/mol. The van der Waals surface area contributed by atoms with Crippen molar-refractivity contribution in [2.24, 2.45) is 5.92 Å². The minimum absolute atomic E-state index is 0.481. The van der Waals surface area contributed by atoms with Crippen molar-refractivity contribution in [3.63, 3.8) is 0 Å². The molecule has 0 radical (unpaired) electrons. The minimum Gasteiger partial charge on any atom is -0.383 e. The maximum Gasteiger partial charge on any atom is 0.0618 e. The van der Waals surface area contributed by atoms with Gasteiger partial charge in [-0.15, -0.1) is 0 Å². The summed E-state index contributed by atoms with van der Waals surface area (Å²) < 4.78 is 10.8. The van der Waals surface area contributed by atoms with Crippen LogP contribution in [0.1, 0.15) is 39.5 Å². The Morgan fingerprint density at radius 3 is 2.81 bits per heavy atom. The van der Waals surface area contributed by atoms with E-state index in [1.807, 2.05) is 0 Å². The first-order valence-electron chi connectivity index (χ1n) is 6.58. The molecule has 2 unspecified atom stereocenters. The highest BCUT2D eigenvalue weighted by Crippen LogP contribution is 2.16. The second kappa shape index (κ2) is 8.04. The van der Waals surface area contributed by atoms with E-state index in [1.54, 1.807) is 7.11 Å². The Labute approximate surface area is 99.9 Å². The maximum absolute atomic E-state index is 5.60. The Balaban J connectivity index is 2.03. The van der Waals surface area contributed by atoms with Crippen LogP contribution >= 0.6 is 0 Å². The largest absolute Gasteiger partial charge is 0.383 e. The number of hydrogen-bond acceptors (Lipinski definition) is 3. The van der Waals surface area contributed by atoms with Crippen LogP contribution in [0.5, 0.6) is 0 Å². The van der Waals surface area contributed by atoms with Gasteiger partial charge in [-0.25, -0.2) is 0 Å². The molecule has 3 nitrogen and oxygen atoms in total. The van der Waals surface area contributed by atoms with Gasteiger partial charge in [-0.2, -0.15) is 0 Å². The Hall–Kier alpha value is -0.120. The highest BCUT2D eigenvalue weighted by molar-refractivity contribution is 4.71. The summed E-state index contributed by atoms with van der Waals surface area (Å²) in [4.78, 5) is 0. The monoisotopic (exact) mass is 229 g/mol. The molecule has 0 aliphatic carbocycles. The van der Waals surface area contributed by atoms with Crippen molar-refractivity contribution in [3.05, 3.63) is 0 Å². The number of nitrogens with one attached hydrogen (secondary N) is 1. The standard InChI is InChI=1S/C13H27NO2/c1-11(2)13(10-15-3)14-8-4-6-12-7-5-9-16-12/h11-14H,4-10H2,1-3H3. The molecule has 0 amide bonds. The lowest BCUT2D eigenvalue weighted by molar-refractivity contribution is 0.101. The van der Waals surface area contributed by atoms with Gasteiger partial charge < -0.3 is 14.8 Å². The molecule has 0 saturated carbocycles. The van der Waals surface area contributed by atoms with E-state index in [9.17, 15) is 0 Å². The quantitative estimate of drug-likeness (QED) is 0.647. The fourth-order valence-corrected chi connectivity index (χ4v) is 2.16. The molecule has 1 heterocycles. The number of ether oxygens (including phenoxy) is 2. The van der Waals surface area contributed by atoms with E-state index in [1.165, 1.54) is 25.7 Å². The van der Waals surface area contributed by atoms with Gasteiger partial charge in [-0.05, 0) is 38.1 Å². The van der Waals surface area contributed by atoms with Gasteiger partial charge in [-0.1, -0.05) is 13.8 Å². The van der Waals surface area contributed by atoms with Gasteiger partial charge >= 0.3 is 0 Å². The number of methoxy groups -OCH3 is 1. The van der Waals surface area contributed by atoms with Gasteiger partial charge in [0.1, 0.15) is 0 Å². The molecule has 0 spiro atoms. The Kier molecular flexibility index (Phi) is 7.01. The molecule has 0 aromatic heterocycles. The highest BCUT2D eigenvalue weighted by atomic mass is 16.5. The van der Waals surface area contributed by atoms with Gasteiger partial charge in [0, 0.05) is 19.8 Å². The van der Waals surface area contributed by atoms with Crippen LogP contribution < -0.4 is 5.32 Å². The van der Waals surface area contributed by atoms with Crippen molar-refractivity contribution in [2.45, 2.75) is 51.7 Å². The van der Waals surface area contributed by atoms with Gasteiger partial charge in [0.15, 0.2) is 0 Å². The molecular formula is C13H27NO2. The fourth-order valence-electron chi connectivity index (χ4n) is 2.16. The average Bonchev–Trinajstić information content (AvgIpc) is 2.75. The number of hydrogen-bond donors (Lipinski definition) is 1. The Bertz CT molecular complexity index is 167. The summed E-state index contributed by atoms with van der Waals surface area (Å²) in [5, 5.41) is 3.56. The zero-order chi connectivity index (χ0) is 11.8. The van der Waals surface area contributed by atoms with Gasteiger partial charge in [0.05, 0.1) is 12.7 Å². The van der Waals surface area contributed by atoms with Crippen LogP contribution in [0.3, 0.4) is 0 Å². The van der Waals surface area contributed by atoms with Crippen LogP contribution in [0.4, 0.5) is 0 Å². The predicted molar refractivity (Wildman–Crippen MR) is 66.7 cm³/mol. The number of rotatable bonds is 8. The normalized spacial score (nSPS) is 22.9. The van der Waals surface area contributed by atoms with Crippen LogP contribution in [0.2, 0.25) is 0 Å². The van der Waals surface area contributed by atoms with Crippen molar-refractivity contribution < 1.29 is 9.47 Å². The van der Waals surface area contributed by atoms with E-state index in [0.717, 1.165) is 19.8 Å². The molecule has 1 saturated heterocycles. The van der Waals surface area contributed by atoms with E-state index in [-0.39, 0.29) is 0 Å². The summed E-state index contributed by atoms with van der Waals surface area (Å²) in [5.74, 6) is 0.627. The first-order valence-corrected chi connectivity index (χ1v) is 6.58. The second-order valence-electron chi connectivity index (χ2n) is 5.04. The summed E-state index contributed by atoms with van der Waals surface area (Å²) in [6.07, 6.45) is 5.44. The fraction of sp³-hybridized carbons (Fsp3) is 1.00. The van der Waals surface area contributed by atoms with Crippen LogP contribution in [0.15, 0.2) is 0 Å². The lowest BCUT2D eigenvalue weighted by atomic mass is 10.0. The van der Waals surface area contributed by atoms with E-state index in [4.69, 9.17) is 9.47 Å². The highest BCUT2D eigenvalue weighted by Gasteiger charge is 2.15. The molecule has 96 valence electrons. The zero-order valence-electron chi connectivity index (χ0n) is 11.0. The summed E-state index contributed by atoms with van der Waals surface area (Å²) in [6.45, 7) is 7.31. The van der Waals surface area contributed by atoms with Crippen LogP contribution in [0.25, 0.3) is 0 Å². The van der Waals surface area contributed by atoms with Crippen molar-refractivity contribution in [1.29, 1.82) is 0 Å². The van der Waals surface area contributed by atoms with Crippen LogP contribution in [0, 0.1) is 5.92 Å². The van der Waals surface area contributed by atoms with Crippen molar-refractivity contribution in [3.8, 4) is 0 Å². The molecule has 1 aliphatic rings. The van der Waals surface area contributed by atoms with Crippen LogP contribution in [-0.2, 0) is 9.47 Å². The minimum atomic E-state index is 0.481. The molecule has 2 atom stereocenters. The van der Waals surface area contributed by atoms with Crippen molar-refractivity contribution in [2.75, 3.05) is 26.9 Å². The summed E-state index contributed by atoms with van der Waals surface area (Å²) >= 11 is 0. The smallest absolute Gasteiger partial charge is 0.0618 e. The molecule has 0 aromatic carbocycles. The summed E-state index contributed by atoms with van der Waals surface area (Å²) in [7, 11) is 1.77. The lowest BCUT2D eigenvalue weighted by Gasteiger charge is -2.21. The molecule has 0 bridgehead atoms. The molecule has 16 heavy (non-hydrogen) atoms. The topological polar surface area (TPSA) is 30.5 Å². The Morgan fingerprint density at radius 1 is 1.44 bits per heavy atom. The summed E-state index contributed by atoms with van der Waals surface area (Å²) in [6, 6.07) is 0.481. The SMILES string of the molecule is COCC(NCCCC1CCCO1)C(C)C. The van der Waals surface area contributed by atoms with Crippen LogP contribution in [-0.4, -0.2) is 39.0 Å². The third kappa shape index (κ3) is 5.28. The van der Waals surface area contributed by atoms with Crippen molar-refractivity contribution >= 4 is 0 Å². The molecule has 1 fully saturated rings. The molecule has 3 heteroatoms. The molecular weight excluding hydrogens is 202 g/mol. The first kappa shape index (κ1) is 13.9. The molecule has 1 aliphatic heterocycles. The predicted octanol–water partition coefficient (Wildman–Crippen LogP) is 2.21. The van der Waals surface area contributed by atoms with E-state index in [0.29, 0.717) is 18.1 Å². The van der Waals surface area contributed by atoms with E-state index < -0.39 is 0 Å². The van der Waals surface area contributed by atoms with Gasteiger partial charge in [0.25, 0.3) is 0 Å². The summed E-state index contributed by atoms with van der Waals surface area (Å²) in [5.41, 5.74) is 0. The van der Waals surface area contributed by atoms with Gasteiger partial charge in [-0.3, -0.25) is 0 Å². The molecule has 1 rings (SSSR count). The van der Waals surface area contributed by atoms with Crippen molar-refractivity contribution in [1.82, 2.24) is 5.32 Å². The maximum atomic E-state index is 5.60. The molecule has 0 aromatic rings. The zero-order valence-corrected chi connectivity index (χ0v) is 11.0. The van der Waals surface area contributed by atoms with E-state index >= 15 is 0 Å². The lowest BCUT2D eigenvalue weighted by Crippen LogP contribution is -2.38. The van der Waals surface area contributed by atoms with E-state index in [2.05, 4.69) is 19.2 Å². The van der Waals surface area contributed by atoms with Gasteiger partial charge in [0.2, 0.25) is 0 Å². The Morgan fingerprint density at radius 2 is 2.25 bits per heavy atom. The third-order valence-electron chi connectivity index (χ3n) is 3.28. The first-order chi connectivity index (χ1) is 7.74. The third-order valence-corrected chi connectivity index (χ3v) is 3.28.